The van der Waals surface area contributed by atoms with Gasteiger partial charge in [-0.3, -0.25) is 14.4 Å². The number of benzene rings is 1. The molecule has 1 rings (SSSR count). The predicted octanol–water partition coefficient (Wildman–Crippen LogP) is -2.38. The number of nitrogens with one attached hydrogen (secondary N) is 2. The van der Waals surface area contributed by atoms with E-state index < -0.39 is 5.91 Å². The second-order valence-electron chi connectivity index (χ2n) is 5.32. The largest absolute Gasteiger partial charge is 1.00 e. The summed E-state index contributed by atoms with van der Waals surface area (Å²) in [6.07, 6.45) is 0.400. The van der Waals surface area contributed by atoms with E-state index in [1.807, 2.05) is 0 Å². The predicted molar refractivity (Wildman–Crippen MR) is 91.4 cm³/mol. The molecule has 0 heterocycles. The molecule has 1 aromatic rings. The Bertz CT molecular complexity index is 619. The first-order chi connectivity index (χ1) is 11.9. The molecule has 0 saturated heterocycles. The molecule has 0 unspecified atom stereocenters. The van der Waals surface area contributed by atoms with Crippen molar-refractivity contribution in [3.05, 3.63) is 35.1 Å². The molecule has 26 heavy (non-hydrogen) atoms. The third kappa shape index (κ3) is 11.6. The Morgan fingerprint density at radius 3 is 2.27 bits per heavy atom. The maximum absolute atomic E-state index is 11.8. The van der Waals surface area contributed by atoms with Crippen molar-refractivity contribution >= 4 is 29.2 Å². The Hall–Kier alpha value is -0.935. The second-order valence-corrected chi connectivity index (χ2v) is 5.32. The Labute approximate surface area is 201 Å². The van der Waals surface area contributed by atoms with Crippen LogP contribution in [-0.2, 0) is 30.3 Å². The standard InChI is InChI=1S/C17H23N3O5.Rb/c1-12(21)10-25-11-17(24)20-14-5-3-13(4-6-14)9-16(23)19-8-7-15(22)18-2;/h3-6H,7-11H2,1-2H3,(H3,18,19,20,22,23,24);/q;+1/p-1. The third-order valence-corrected chi connectivity index (χ3v) is 3.04. The SMILES string of the molecule is CNC(=O)CCNC(=O)Cc1ccc([N-]C(=O)COCC(C)=O)cc1.[Rb+]. The molecule has 0 atom stereocenters. The molecule has 1 aromatic carbocycles. The van der Waals surface area contributed by atoms with Gasteiger partial charge < -0.3 is 25.5 Å². The minimum absolute atomic E-state index is 0. The second kappa shape index (κ2) is 14.2. The minimum atomic E-state index is -0.485. The number of ketones is 1. The van der Waals surface area contributed by atoms with Gasteiger partial charge >= 0.3 is 58.2 Å². The molecular weight excluding hydrogens is 412 g/mol. The van der Waals surface area contributed by atoms with Gasteiger partial charge in [-0.05, 0) is 12.5 Å². The molecule has 0 aliphatic heterocycles. The maximum Gasteiger partial charge on any atom is 1.00 e. The van der Waals surface area contributed by atoms with Crippen molar-refractivity contribution in [1.82, 2.24) is 10.6 Å². The summed E-state index contributed by atoms with van der Waals surface area (Å²) in [4.78, 5) is 45.1. The summed E-state index contributed by atoms with van der Waals surface area (Å²) in [5, 5.41) is 8.96. The molecular formula is C17H22N3O5Rb. The maximum atomic E-state index is 11.8. The summed E-state index contributed by atoms with van der Waals surface area (Å²) >= 11 is 0. The Morgan fingerprint density at radius 1 is 1.04 bits per heavy atom. The van der Waals surface area contributed by atoms with E-state index in [0.717, 1.165) is 5.56 Å². The number of amides is 3. The van der Waals surface area contributed by atoms with Crippen LogP contribution in [0.4, 0.5) is 5.69 Å². The van der Waals surface area contributed by atoms with Gasteiger partial charge in [0.05, 0.1) is 18.9 Å². The number of rotatable bonds is 10. The first kappa shape index (κ1) is 25.1. The van der Waals surface area contributed by atoms with Crippen molar-refractivity contribution in [3.8, 4) is 0 Å². The first-order valence-corrected chi connectivity index (χ1v) is 7.78. The average molecular weight is 434 g/mol. The van der Waals surface area contributed by atoms with Crippen LogP contribution in [-0.4, -0.2) is 50.3 Å². The van der Waals surface area contributed by atoms with E-state index in [1.54, 1.807) is 24.3 Å². The normalized spacial score (nSPS) is 9.62. The number of nitrogens with zero attached hydrogens (tertiary/aromatic N) is 1. The van der Waals surface area contributed by atoms with Crippen LogP contribution in [0.5, 0.6) is 0 Å². The molecule has 2 N–H and O–H groups in total. The summed E-state index contributed by atoms with van der Waals surface area (Å²) in [6, 6.07) is 6.63. The van der Waals surface area contributed by atoms with Gasteiger partial charge in [-0.2, -0.15) is 0 Å². The Kier molecular flexibility index (Phi) is 13.7. The number of carbonyl (C=O) groups excluding carboxylic acids is 4. The summed E-state index contributed by atoms with van der Waals surface area (Å²) in [5.74, 6) is -0.975. The summed E-state index contributed by atoms with van der Waals surface area (Å²) in [7, 11) is 1.54. The number of carbonyl (C=O) groups is 4. The molecule has 0 aliphatic carbocycles. The minimum Gasteiger partial charge on any atom is -0.625 e. The number of hydrogen-bond donors (Lipinski definition) is 2. The quantitative estimate of drug-likeness (QED) is 0.427. The van der Waals surface area contributed by atoms with E-state index in [0.29, 0.717) is 5.69 Å². The molecule has 0 aromatic heterocycles. The van der Waals surface area contributed by atoms with Crippen LogP contribution in [0.1, 0.15) is 18.9 Å². The van der Waals surface area contributed by atoms with Gasteiger partial charge in [0, 0.05) is 20.0 Å². The van der Waals surface area contributed by atoms with Gasteiger partial charge in [-0.25, -0.2) is 0 Å². The van der Waals surface area contributed by atoms with Gasteiger partial charge in [0.1, 0.15) is 6.61 Å². The van der Waals surface area contributed by atoms with Crippen LogP contribution in [0.25, 0.3) is 5.32 Å². The van der Waals surface area contributed by atoms with E-state index in [1.165, 1.54) is 14.0 Å². The summed E-state index contributed by atoms with van der Waals surface area (Å²) in [6.45, 7) is 1.28. The van der Waals surface area contributed by atoms with E-state index in [2.05, 4.69) is 16.0 Å². The molecule has 0 fully saturated rings. The number of Topliss-reactive ketones (excluding diaryl/α,β-unsaturated/α-hetero) is 1. The van der Waals surface area contributed by atoms with E-state index in [-0.39, 0.29) is 108 Å². The van der Waals surface area contributed by atoms with E-state index in [9.17, 15) is 19.2 Å². The van der Waals surface area contributed by atoms with Crippen LogP contribution in [0.3, 0.4) is 0 Å². The molecule has 0 saturated carbocycles. The van der Waals surface area contributed by atoms with Gasteiger partial charge in [0.25, 0.3) is 0 Å². The summed E-state index contributed by atoms with van der Waals surface area (Å²) in [5.41, 5.74) is 1.21. The van der Waals surface area contributed by atoms with Crippen molar-refractivity contribution < 1.29 is 82.1 Å². The van der Waals surface area contributed by atoms with Gasteiger partial charge in [0.2, 0.25) is 11.8 Å². The zero-order valence-corrected chi connectivity index (χ0v) is 20.2. The summed E-state index contributed by atoms with van der Waals surface area (Å²) < 4.78 is 4.89. The molecule has 0 spiro atoms. The van der Waals surface area contributed by atoms with Crippen LogP contribution in [0.15, 0.2) is 24.3 Å². The Morgan fingerprint density at radius 2 is 1.69 bits per heavy atom. The first-order valence-electron chi connectivity index (χ1n) is 7.78. The molecule has 0 radical (unpaired) electrons. The van der Waals surface area contributed by atoms with Crippen LogP contribution >= 0.6 is 0 Å². The molecule has 0 aliphatic rings. The van der Waals surface area contributed by atoms with Crippen LogP contribution in [0, 0.1) is 0 Å². The van der Waals surface area contributed by atoms with Crippen molar-refractivity contribution in [3.63, 3.8) is 0 Å². The zero-order chi connectivity index (χ0) is 18.7. The van der Waals surface area contributed by atoms with Gasteiger partial charge in [-0.15, -0.1) is 5.69 Å². The third-order valence-electron chi connectivity index (χ3n) is 3.04. The van der Waals surface area contributed by atoms with Gasteiger partial charge in [-0.1, -0.05) is 24.3 Å². The van der Waals surface area contributed by atoms with Crippen molar-refractivity contribution in [2.24, 2.45) is 0 Å². The van der Waals surface area contributed by atoms with Crippen LogP contribution in [0.2, 0.25) is 0 Å². The fourth-order valence-corrected chi connectivity index (χ4v) is 1.84. The molecule has 9 heteroatoms. The van der Waals surface area contributed by atoms with E-state index >= 15 is 0 Å². The van der Waals surface area contributed by atoms with E-state index in [4.69, 9.17) is 4.74 Å². The fraction of sp³-hybridized carbons (Fsp3) is 0.412. The van der Waals surface area contributed by atoms with Crippen molar-refractivity contribution in [2.75, 3.05) is 26.8 Å². The zero-order valence-electron chi connectivity index (χ0n) is 15.3. The smallest absolute Gasteiger partial charge is 0.625 e. The molecule has 8 nitrogen and oxygen atoms in total. The molecule has 136 valence electrons. The monoisotopic (exact) mass is 433 g/mol. The number of ether oxygens (including phenoxy) is 1. The molecule has 3 amide bonds. The van der Waals surface area contributed by atoms with Crippen molar-refractivity contribution in [2.45, 2.75) is 19.8 Å². The average Bonchev–Trinajstić information content (AvgIpc) is 2.56. The van der Waals surface area contributed by atoms with Crippen molar-refractivity contribution in [1.29, 1.82) is 0 Å². The Balaban J connectivity index is 0.00000625. The van der Waals surface area contributed by atoms with Gasteiger partial charge in [0.15, 0.2) is 5.78 Å². The molecule has 0 bridgehead atoms. The fourth-order valence-electron chi connectivity index (χ4n) is 1.84. The number of hydrogen-bond acceptors (Lipinski definition) is 5. The topological polar surface area (TPSA) is 116 Å². The van der Waals surface area contributed by atoms with Crippen LogP contribution < -0.4 is 68.8 Å².